The summed E-state index contributed by atoms with van der Waals surface area (Å²) in [4.78, 5) is 0. The van der Waals surface area contributed by atoms with Gasteiger partial charge in [-0.2, -0.15) is 0 Å². The lowest BCUT2D eigenvalue weighted by Gasteiger charge is -2.19. The lowest BCUT2D eigenvalue weighted by Crippen LogP contribution is -2.25. The third-order valence-electron chi connectivity index (χ3n) is 5.37. The first-order valence-electron chi connectivity index (χ1n) is 11.7. The Hall–Kier alpha value is -3.94. The number of methoxy groups -OCH3 is 1. The second-order valence-electron chi connectivity index (χ2n) is 8.13. The number of aliphatic hydroxyl groups excluding tert-OH is 2. The van der Waals surface area contributed by atoms with Gasteiger partial charge in [-0.25, -0.2) is 0 Å². The van der Waals surface area contributed by atoms with Crippen molar-refractivity contribution >= 4 is 10.8 Å². The predicted molar refractivity (Wildman–Crippen MR) is 137 cm³/mol. The summed E-state index contributed by atoms with van der Waals surface area (Å²) < 4.78 is 28.7. The van der Waals surface area contributed by atoms with Crippen LogP contribution in [0.2, 0.25) is 0 Å². The molecule has 0 heterocycles. The van der Waals surface area contributed by atoms with E-state index in [2.05, 4.69) is 0 Å². The van der Waals surface area contributed by atoms with Gasteiger partial charge in [-0.1, -0.05) is 60.7 Å². The summed E-state index contributed by atoms with van der Waals surface area (Å²) >= 11 is 0. The number of para-hydroxylation sites is 2. The minimum Gasteiger partial charge on any atom is -0.493 e. The van der Waals surface area contributed by atoms with E-state index in [4.69, 9.17) is 23.7 Å². The first-order valence-corrected chi connectivity index (χ1v) is 11.7. The number of hydrogen-bond acceptors (Lipinski definition) is 7. The molecule has 0 aromatic heterocycles. The Morgan fingerprint density at radius 3 is 1.58 bits per heavy atom. The summed E-state index contributed by atoms with van der Waals surface area (Å²) in [6, 6.07) is 27.9. The van der Waals surface area contributed by atoms with Gasteiger partial charge in [-0.05, 0) is 24.3 Å². The van der Waals surface area contributed by atoms with Crippen molar-refractivity contribution in [1.82, 2.24) is 0 Å². The molecule has 0 saturated heterocycles. The molecule has 0 radical (unpaired) electrons. The standard InChI is InChI=1S/C29H30O7/c1-32-28-16-27(35-19-21(30)17-33-23-10-4-2-5-11-23)25-14-8-9-15-26(25)29(28)36-20-22(31)18-34-24-12-6-3-7-13-24/h2-16,21-22,30-31H,17-20H2,1H3. The molecule has 4 aromatic carbocycles. The van der Waals surface area contributed by atoms with Crippen molar-refractivity contribution in [3.05, 3.63) is 91.0 Å². The van der Waals surface area contributed by atoms with Crippen molar-refractivity contribution in [3.63, 3.8) is 0 Å². The van der Waals surface area contributed by atoms with Gasteiger partial charge in [-0.15, -0.1) is 0 Å². The molecule has 0 amide bonds. The topological polar surface area (TPSA) is 86.6 Å². The van der Waals surface area contributed by atoms with Gasteiger partial charge in [0.1, 0.15) is 55.9 Å². The highest BCUT2D eigenvalue weighted by molar-refractivity contribution is 5.95. The number of aliphatic hydroxyl groups is 2. The van der Waals surface area contributed by atoms with E-state index in [1.807, 2.05) is 84.9 Å². The number of rotatable bonds is 13. The number of benzene rings is 4. The molecule has 2 N–H and O–H groups in total. The molecule has 36 heavy (non-hydrogen) atoms. The highest BCUT2D eigenvalue weighted by Gasteiger charge is 2.18. The first-order chi connectivity index (χ1) is 17.6. The van der Waals surface area contributed by atoms with E-state index in [1.54, 1.807) is 6.07 Å². The molecule has 0 saturated carbocycles. The summed E-state index contributed by atoms with van der Waals surface area (Å²) in [5.41, 5.74) is 0. The Labute approximate surface area is 210 Å². The van der Waals surface area contributed by atoms with Crippen LogP contribution in [0.1, 0.15) is 0 Å². The van der Waals surface area contributed by atoms with Gasteiger partial charge in [0.25, 0.3) is 0 Å². The van der Waals surface area contributed by atoms with E-state index < -0.39 is 12.2 Å². The van der Waals surface area contributed by atoms with Crippen LogP contribution < -0.4 is 23.7 Å². The Bertz CT molecular complexity index is 1210. The second kappa shape index (κ2) is 12.7. The van der Waals surface area contributed by atoms with Crippen LogP contribution >= 0.6 is 0 Å². The van der Waals surface area contributed by atoms with Gasteiger partial charge in [-0.3, -0.25) is 0 Å². The zero-order valence-corrected chi connectivity index (χ0v) is 20.1. The van der Waals surface area contributed by atoms with E-state index in [0.29, 0.717) is 28.7 Å². The second-order valence-corrected chi connectivity index (χ2v) is 8.13. The van der Waals surface area contributed by atoms with Crippen LogP contribution in [0, 0.1) is 0 Å². The van der Waals surface area contributed by atoms with Gasteiger partial charge in [0.05, 0.1) is 7.11 Å². The molecular weight excluding hydrogens is 460 g/mol. The maximum absolute atomic E-state index is 10.4. The average molecular weight is 491 g/mol. The Kier molecular flexibility index (Phi) is 8.86. The number of hydrogen-bond donors (Lipinski definition) is 2. The predicted octanol–water partition coefficient (Wildman–Crippen LogP) is 4.49. The van der Waals surface area contributed by atoms with Crippen LogP contribution in [-0.4, -0.2) is 56.0 Å². The average Bonchev–Trinajstić information content (AvgIpc) is 2.93. The van der Waals surface area contributed by atoms with E-state index in [1.165, 1.54) is 7.11 Å². The maximum Gasteiger partial charge on any atom is 0.169 e. The van der Waals surface area contributed by atoms with Gasteiger partial charge < -0.3 is 33.9 Å². The molecular formula is C29H30O7. The normalized spacial score (nSPS) is 12.5. The molecule has 4 aromatic rings. The Morgan fingerprint density at radius 1 is 0.556 bits per heavy atom. The lowest BCUT2D eigenvalue weighted by molar-refractivity contribution is 0.0613. The summed E-state index contributed by atoms with van der Waals surface area (Å²) in [6.45, 7) is 0.246. The van der Waals surface area contributed by atoms with Crippen molar-refractivity contribution < 1.29 is 33.9 Å². The Balaban J connectivity index is 1.40. The van der Waals surface area contributed by atoms with E-state index in [0.717, 1.165) is 10.8 Å². The molecule has 0 aliphatic carbocycles. The number of ether oxygens (including phenoxy) is 5. The molecule has 2 atom stereocenters. The minimum absolute atomic E-state index is 0.0168. The van der Waals surface area contributed by atoms with E-state index in [9.17, 15) is 10.2 Å². The van der Waals surface area contributed by atoms with Crippen molar-refractivity contribution in [2.75, 3.05) is 33.5 Å². The third-order valence-corrected chi connectivity index (χ3v) is 5.37. The van der Waals surface area contributed by atoms with Crippen LogP contribution in [0.15, 0.2) is 91.0 Å². The van der Waals surface area contributed by atoms with Crippen molar-refractivity contribution in [2.45, 2.75) is 12.2 Å². The summed E-state index contributed by atoms with van der Waals surface area (Å²) in [7, 11) is 1.54. The number of fused-ring (bicyclic) bond motifs is 1. The van der Waals surface area contributed by atoms with Gasteiger partial charge in [0, 0.05) is 16.8 Å². The van der Waals surface area contributed by atoms with Gasteiger partial charge in [0.2, 0.25) is 0 Å². The first kappa shape index (κ1) is 25.2. The van der Waals surface area contributed by atoms with Crippen LogP contribution in [-0.2, 0) is 0 Å². The fraction of sp³-hybridized carbons (Fsp3) is 0.241. The molecule has 0 fully saturated rings. The van der Waals surface area contributed by atoms with Crippen molar-refractivity contribution in [1.29, 1.82) is 0 Å². The zero-order valence-electron chi connectivity index (χ0n) is 20.1. The quantitative estimate of drug-likeness (QED) is 0.286. The molecule has 7 heteroatoms. The molecule has 188 valence electrons. The Morgan fingerprint density at radius 2 is 1.03 bits per heavy atom. The molecule has 4 rings (SSSR count). The van der Waals surface area contributed by atoms with Crippen LogP contribution in [0.4, 0.5) is 0 Å². The lowest BCUT2D eigenvalue weighted by atomic mass is 10.1. The summed E-state index contributed by atoms with van der Waals surface area (Å²) in [5.74, 6) is 2.85. The molecule has 0 bridgehead atoms. The van der Waals surface area contributed by atoms with Crippen LogP contribution in [0.5, 0.6) is 28.7 Å². The zero-order chi connectivity index (χ0) is 25.2. The minimum atomic E-state index is -0.843. The molecule has 7 nitrogen and oxygen atoms in total. The summed E-state index contributed by atoms with van der Waals surface area (Å²) in [6.07, 6.45) is -1.67. The van der Waals surface area contributed by atoms with Crippen LogP contribution in [0.25, 0.3) is 10.8 Å². The van der Waals surface area contributed by atoms with E-state index in [-0.39, 0.29) is 26.4 Å². The highest BCUT2D eigenvalue weighted by Crippen LogP contribution is 2.41. The smallest absolute Gasteiger partial charge is 0.169 e. The fourth-order valence-electron chi connectivity index (χ4n) is 3.59. The van der Waals surface area contributed by atoms with E-state index >= 15 is 0 Å². The molecule has 0 aliphatic rings. The highest BCUT2D eigenvalue weighted by atomic mass is 16.5. The third kappa shape index (κ3) is 6.81. The van der Waals surface area contributed by atoms with Crippen LogP contribution in [0.3, 0.4) is 0 Å². The molecule has 0 spiro atoms. The maximum atomic E-state index is 10.4. The summed E-state index contributed by atoms with van der Waals surface area (Å²) in [5, 5.41) is 22.3. The van der Waals surface area contributed by atoms with Crippen molar-refractivity contribution in [3.8, 4) is 28.7 Å². The largest absolute Gasteiger partial charge is 0.493 e. The molecule has 0 aliphatic heterocycles. The SMILES string of the molecule is COc1cc(OCC(O)COc2ccccc2)c2ccccc2c1OCC(O)COc1ccccc1. The fourth-order valence-corrected chi connectivity index (χ4v) is 3.59. The van der Waals surface area contributed by atoms with Gasteiger partial charge >= 0.3 is 0 Å². The van der Waals surface area contributed by atoms with Crippen molar-refractivity contribution in [2.24, 2.45) is 0 Å². The van der Waals surface area contributed by atoms with Gasteiger partial charge in [0.15, 0.2) is 11.5 Å². The monoisotopic (exact) mass is 490 g/mol. The molecule has 2 unspecified atom stereocenters.